The zero-order chi connectivity index (χ0) is 8.27. The maximum Gasteiger partial charge on any atom is 0.409 e. The Morgan fingerprint density at radius 2 is 2.36 bits per heavy atom. The first-order chi connectivity index (χ1) is 5.20. The Hall–Kier alpha value is -0.730. The predicted octanol–water partition coefficient (Wildman–Crippen LogP) is 1.48. The summed E-state index contributed by atoms with van der Waals surface area (Å²) in [5.74, 6) is 0.656. The molecule has 0 aromatic carbocycles. The quantitative estimate of drug-likeness (QED) is 0.621. The fraction of sp³-hybridized carbons (Fsp3) is 0.875. The summed E-state index contributed by atoms with van der Waals surface area (Å²) in [4.78, 5) is 12.7. The molecule has 0 saturated carbocycles. The fourth-order valence-electron chi connectivity index (χ4n) is 1.04. The van der Waals surface area contributed by atoms with Gasteiger partial charge in [-0.2, -0.15) is 0 Å². The number of nitrogens with zero attached hydrogens (tertiary/aromatic N) is 1. The molecule has 1 heterocycles. The van der Waals surface area contributed by atoms with E-state index in [1.807, 2.05) is 0 Å². The molecule has 0 atom stereocenters. The Morgan fingerprint density at radius 3 is 2.82 bits per heavy atom. The SMILES string of the molecule is CC(C)CCN1CCOC1=O. The van der Waals surface area contributed by atoms with Crippen molar-refractivity contribution in [1.29, 1.82) is 0 Å². The third kappa shape index (κ3) is 2.41. The highest BCUT2D eigenvalue weighted by Gasteiger charge is 2.20. The molecule has 11 heavy (non-hydrogen) atoms. The molecule has 1 amide bonds. The molecule has 0 N–H and O–H groups in total. The van der Waals surface area contributed by atoms with Gasteiger partial charge in [-0.25, -0.2) is 4.79 Å². The van der Waals surface area contributed by atoms with Crippen LogP contribution in [0.1, 0.15) is 20.3 Å². The molecule has 1 aliphatic heterocycles. The van der Waals surface area contributed by atoms with Gasteiger partial charge in [0.15, 0.2) is 0 Å². The van der Waals surface area contributed by atoms with Crippen LogP contribution in [-0.2, 0) is 4.74 Å². The van der Waals surface area contributed by atoms with E-state index >= 15 is 0 Å². The van der Waals surface area contributed by atoms with Gasteiger partial charge in [-0.15, -0.1) is 0 Å². The van der Waals surface area contributed by atoms with Gasteiger partial charge < -0.3 is 9.64 Å². The first-order valence-corrected chi connectivity index (χ1v) is 4.12. The van der Waals surface area contributed by atoms with Gasteiger partial charge in [-0.3, -0.25) is 0 Å². The van der Waals surface area contributed by atoms with Crippen molar-refractivity contribution in [3.05, 3.63) is 0 Å². The van der Waals surface area contributed by atoms with Gasteiger partial charge in [0.2, 0.25) is 0 Å². The van der Waals surface area contributed by atoms with E-state index in [2.05, 4.69) is 13.8 Å². The van der Waals surface area contributed by atoms with Gasteiger partial charge in [0.05, 0.1) is 6.54 Å². The van der Waals surface area contributed by atoms with Gasteiger partial charge in [0.1, 0.15) is 6.61 Å². The minimum atomic E-state index is -0.148. The summed E-state index contributed by atoms with van der Waals surface area (Å²) in [6.45, 7) is 6.49. The Balaban J connectivity index is 2.20. The smallest absolute Gasteiger partial charge is 0.409 e. The van der Waals surface area contributed by atoms with Crippen molar-refractivity contribution in [2.24, 2.45) is 5.92 Å². The van der Waals surface area contributed by atoms with Crippen LogP contribution in [0.25, 0.3) is 0 Å². The highest BCUT2D eigenvalue weighted by Crippen LogP contribution is 2.07. The molecule has 1 rings (SSSR count). The predicted molar refractivity (Wildman–Crippen MR) is 42.4 cm³/mol. The molecule has 0 bridgehead atoms. The van der Waals surface area contributed by atoms with Crippen molar-refractivity contribution in [3.63, 3.8) is 0 Å². The third-order valence-corrected chi connectivity index (χ3v) is 1.82. The lowest BCUT2D eigenvalue weighted by Gasteiger charge is -2.13. The molecule has 3 heteroatoms. The van der Waals surface area contributed by atoms with Crippen LogP contribution in [0.3, 0.4) is 0 Å². The molecule has 0 aromatic rings. The monoisotopic (exact) mass is 157 g/mol. The molecule has 0 aromatic heterocycles. The van der Waals surface area contributed by atoms with Crippen LogP contribution in [-0.4, -0.2) is 30.7 Å². The third-order valence-electron chi connectivity index (χ3n) is 1.82. The van der Waals surface area contributed by atoms with E-state index in [0.717, 1.165) is 19.5 Å². The second kappa shape index (κ2) is 3.60. The van der Waals surface area contributed by atoms with E-state index in [4.69, 9.17) is 4.74 Å². The van der Waals surface area contributed by atoms with Crippen molar-refractivity contribution in [2.45, 2.75) is 20.3 Å². The lowest BCUT2D eigenvalue weighted by molar-refractivity contribution is 0.157. The Morgan fingerprint density at radius 1 is 1.64 bits per heavy atom. The average Bonchev–Trinajstić information content (AvgIpc) is 2.31. The molecule has 1 aliphatic rings. The number of carbonyl (C=O) groups is 1. The molecular weight excluding hydrogens is 142 g/mol. The molecule has 0 spiro atoms. The second-order valence-corrected chi connectivity index (χ2v) is 3.28. The van der Waals surface area contributed by atoms with Crippen molar-refractivity contribution >= 4 is 6.09 Å². The minimum absolute atomic E-state index is 0.148. The minimum Gasteiger partial charge on any atom is -0.448 e. The first kappa shape index (κ1) is 8.37. The molecule has 3 nitrogen and oxygen atoms in total. The normalized spacial score (nSPS) is 17.7. The maximum absolute atomic E-state index is 10.9. The zero-order valence-electron chi connectivity index (χ0n) is 7.17. The molecule has 64 valence electrons. The largest absolute Gasteiger partial charge is 0.448 e. The van der Waals surface area contributed by atoms with E-state index in [1.165, 1.54) is 0 Å². The number of rotatable bonds is 3. The Bertz CT molecular complexity index is 145. The molecular formula is C8H15NO2. The summed E-state index contributed by atoms with van der Waals surface area (Å²) < 4.78 is 4.78. The molecule has 0 unspecified atom stereocenters. The molecule has 0 aliphatic carbocycles. The summed E-state index contributed by atoms with van der Waals surface area (Å²) in [5, 5.41) is 0. The van der Waals surface area contributed by atoms with Crippen LogP contribution in [0, 0.1) is 5.92 Å². The van der Waals surface area contributed by atoms with E-state index in [1.54, 1.807) is 4.90 Å². The van der Waals surface area contributed by atoms with Crippen LogP contribution in [0.5, 0.6) is 0 Å². The van der Waals surface area contributed by atoms with Crippen LogP contribution >= 0.6 is 0 Å². The number of hydrogen-bond acceptors (Lipinski definition) is 2. The Kier molecular flexibility index (Phi) is 2.74. The molecule has 0 radical (unpaired) electrons. The van der Waals surface area contributed by atoms with Crippen LogP contribution < -0.4 is 0 Å². The zero-order valence-corrected chi connectivity index (χ0v) is 7.17. The van der Waals surface area contributed by atoms with Crippen LogP contribution in [0.15, 0.2) is 0 Å². The van der Waals surface area contributed by atoms with Crippen molar-refractivity contribution in [1.82, 2.24) is 4.90 Å². The lowest BCUT2D eigenvalue weighted by atomic mass is 10.1. The van der Waals surface area contributed by atoms with Gasteiger partial charge >= 0.3 is 6.09 Å². The number of hydrogen-bond donors (Lipinski definition) is 0. The van der Waals surface area contributed by atoms with Gasteiger partial charge in [-0.05, 0) is 12.3 Å². The highest BCUT2D eigenvalue weighted by molar-refractivity contribution is 5.69. The lowest BCUT2D eigenvalue weighted by Crippen LogP contribution is -2.26. The maximum atomic E-state index is 10.9. The van der Waals surface area contributed by atoms with Crippen LogP contribution in [0.4, 0.5) is 4.79 Å². The highest BCUT2D eigenvalue weighted by atomic mass is 16.6. The van der Waals surface area contributed by atoms with Gasteiger partial charge in [-0.1, -0.05) is 13.8 Å². The van der Waals surface area contributed by atoms with Crippen molar-refractivity contribution in [3.8, 4) is 0 Å². The summed E-state index contributed by atoms with van der Waals surface area (Å²) in [7, 11) is 0. The molecule has 1 fully saturated rings. The topological polar surface area (TPSA) is 29.5 Å². The van der Waals surface area contributed by atoms with E-state index in [-0.39, 0.29) is 6.09 Å². The van der Waals surface area contributed by atoms with Gasteiger partial charge in [0.25, 0.3) is 0 Å². The number of ether oxygens (including phenoxy) is 1. The second-order valence-electron chi connectivity index (χ2n) is 3.28. The summed E-state index contributed by atoms with van der Waals surface area (Å²) in [5.41, 5.74) is 0. The molecule has 1 saturated heterocycles. The van der Waals surface area contributed by atoms with Crippen LogP contribution in [0.2, 0.25) is 0 Å². The summed E-state index contributed by atoms with van der Waals surface area (Å²) in [6.07, 6.45) is 0.917. The fourth-order valence-corrected chi connectivity index (χ4v) is 1.04. The van der Waals surface area contributed by atoms with Crippen molar-refractivity contribution in [2.75, 3.05) is 19.7 Å². The van der Waals surface area contributed by atoms with Gasteiger partial charge in [0, 0.05) is 6.54 Å². The van der Waals surface area contributed by atoms with E-state index in [9.17, 15) is 4.79 Å². The summed E-state index contributed by atoms with van der Waals surface area (Å²) in [6, 6.07) is 0. The number of cyclic esters (lactones) is 1. The summed E-state index contributed by atoms with van der Waals surface area (Å²) >= 11 is 0. The number of amides is 1. The van der Waals surface area contributed by atoms with Crippen molar-refractivity contribution < 1.29 is 9.53 Å². The standard InChI is InChI=1S/C8H15NO2/c1-7(2)3-4-9-5-6-11-8(9)10/h7H,3-6H2,1-2H3. The first-order valence-electron chi connectivity index (χ1n) is 4.12. The Labute approximate surface area is 67.3 Å². The average molecular weight is 157 g/mol. The number of carbonyl (C=O) groups excluding carboxylic acids is 1. The van der Waals surface area contributed by atoms with E-state index < -0.39 is 0 Å². The van der Waals surface area contributed by atoms with E-state index in [0.29, 0.717) is 12.5 Å².